The van der Waals surface area contributed by atoms with Gasteiger partial charge in [0, 0.05) is 40.8 Å². The highest BCUT2D eigenvalue weighted by atomic mass is 35.5. The highest BCUT2D eigenvalue weighted by molar-refractivity contribution is 7.80. The van der Waals surface area contributed by atoms with Gasteiger partial charge in [-0.15, -0.1) is 0 Å². The molecule has 4 aromatic rings. The molecule has 0 spiro atoms. The highest BCUT2D eigenvalue weighted by Gasteiger charge is 2.21. The number of hydrogen-bond acceptors (Lipinski definition) is 2. The van der Waals surface area contributed by atoms with Crippen LogP contribution in [0.1, 0.15) is 22.3 Å². The first-order valence-electron chi connectivity index (χ1n) is 10.9. The third-order valence-electron chi connectivity index (χ3n) is 6.17. The molecule has 1 aliphatic rings. The van der Waals surface area contributed by atoms with Crippen LogP contribution in [0.4, 0.5) is 0 Å². The van der Waals surface area contributed by atoms with Gasteiger partial charge < -0.3 is 14.2 Å². The molecule has 162 valence electrons. The molecule has 0 bridgehead atoms. The summed E-state index contributed by atoms with van der Waals surface area (Å²) in [6, 6.07) is 22.9. The van der Waals surface area contributed by atoms with Gasteiger partial charge in [0.2, 0.25) is 0 Å². The van der Waals surface area contributed by atoms with Gasteiger partial charge >= 0.3 is 0 Å². The zero-order chi connectivity index (χ0) is 22.1. The summed E-state index contributed by atoms with van der Waals surface area (Å²) in [6.07, 6.45) is 3.22. The topological polar surface area (TPSA) is 17.4 Å². The smallest absolute Gasteiger partial charge is 0.119 e. The number of benzene rings is 3. The SMILES string of the molecule is Cc1cc(OCCn2cc(C(=S)N3CCc4ccccc4C3)c3ccccc32)ccc1Cl. The molecule has 0 radical (unpaired) electrons. The van der Waals surface area contributed by atoms with Gasteiger partial charge in [-0.3, -0.25) is 0 Å². The van der Waals surface area contributed by atoms with E-state index in [1.54, 1.807) is 0 Å². The molecule has 0 saturated carbocycles. The van der Waals surface area contributed by atoms with Crippen molar-refractivity contribution >= 4 is 39.7 Å². The second-order valence-electron chi connectivity index (χ2n) is 8.26. The van der Waals surface area contributed by atoms with Crippen LogP contribution in [-0.4, -0.2) is 27.6 Å². The summed E-state index contributed by atoms with van der Waals surface area (Å²) in [5, 5.41) is 1.95. The van der Waals surface area contributed by atoms with E-state index < -0.39 is 0 Å². The maximum atomic E-state index is 6.12. The van der Waals surface area contributed by atoms with E-state index >= 15 is 0 Å². The third-order valence-corrected chi connectivity index (χ3v) is 7.07. The largest absolute Gasteiger partial charge is 0.492 e. The van der Waals surface area contributed by atoms with Crippen molar-refractivity contribution in [3.8, 4) is 5.75 Å². The van der Waals surface area contributed by atoms with Crippen LogP contribution in [0, 0.1) is 6.92 Å². The third kappa shape index (κ3) is 4.13. The van der Waals surface area contributed by atoms with E-state index in [1.165, 1.54) is 22.0 Å². The molecule has 0 N–H and O–H groups in total. The fourth-order valence-electron chi connectivity index (χ4n) is 4.41. The van der Waals surface area contributed by atoms with E-state index in [-0.39, 0.29) is 0 Å². The first kappa shape index (κ1) is 21.0. The molecule has 0 amide bonds. The summed E-state index contributed by atoms with van der Waals surface area (Å²) >= 11 is 12.1. The van der Waals surface area contributed by atoms with Gasteiger partial charge in [-0.05, 0) is 54.3 Å². The Hall–Kier alpha value is -2.82. The first-order chi connectivity index (χ1) is 15.6. The van der Waals surface area contributed by atoms with E-state index in [9.17, 15) is 0 Å². The number of halogens is 1. The summed E-state index contributed by atoms with van der Waals surface area (Å²) < 4.78 is 8.24. The lowest BCUT2D eigenvalue weighted by Crippen LogP contribution is -2.35. The molecule has 2 heterocycles. The predicted molar refractivity (Wildman–Crippen MR) is 136 cm³/mol. The maximum absolute atomic E-state index is 6.12. The molecule has 0 atom stereocenters. The number of fused-ring (bicyclic) bond motifs is 2. The zero-order valence-electron chi connectivity index (χ0n) is 18.1. The van der Waals surface area contributed by atoms with Crippen molar-refractivity contribution in [2.45, 2.75) is 26.4 Å². The van der Waals surface area contributed by atoms with Crippen LogP contribution >= 0.6 is 23.8 Å². The van der Waals surface area contributed by atoms with Crippen LogP contribution in [0.15, 0.2) is 72.9 Å². The summed E-state index contributed by atoms with van der Waals surface area (Å²) in [5.74, 6) is 0.839. The number of para-hydroxylation sites is 1. The Kier molecular flexibility index (Phi) is 5.90. The number of ether oxygens (including phenoxy) is 1. The molecule has 1 aliphatic heterocycles. The summed E-state index contributed by atoms with van der Waals surface area (Å²) in [6.45, 7) is 5.12. The Morgan fingerprint density at radius 1 is 1.03 bits per heavy atom. The minimum atomic E-state index is 0.572. The lowest BCUT2D eigenvalue weighted by Gasteiger charge is -2.30. The molecule has 1 aromatic heterocycles. The molecule has 0 aliphatic carbocycles. The minimum absolute atomic E-state index is 0.572. The summed E-state index contributed by atoms with van der Waals surface area (Å²) in [7, 11) is 0. The molecule has 0 fully saturated rings. The zero-order valence-corrected chi connectivity index (χ0v) is 19.6. The van der Waals surface area contributed by atoms with Gasteiger partial charge in [0.15, 0.2) is 0 Å². The molecular formula is C27H25ClN2OS. The fourth-order valence-corrected chi connectivity index (χ4v) is 4.85. The normalized spacial score (nSPS) is 13.2. The highest BCUT2D eigenvalue weighted by Crippen LogP contribution is 2.27. The van der Waals surface area contributed by atoms with E-state index in [4.69, 9.17) is 28.6 Å². The van der Waals surface area contributed by atoms with Gasteiger partial charge in [-0.2, -0.15) is 0 Å². The van der Waals surface area contributed by atoms with Crippen molar-refractivity contribution in [1.82, 2.24) is 9.47 Å². The minimum Gasteiger partial charge on any atom is -0.492 e. The van der Waals surface area contributed by atoms with E-state index in [0.717, 1.165) is 52.9 Å². The van der Waals surface area contributed by atoms with E-state index in [0.29, 0.717) is 6.61 Å². The predicted octanol–water partition coefficient (Wildman–Crippen LogP) is 6.42. The van der Waals surface area contributed by atoms with Crippen molar-refractivity contribution < 1.29 is 4.74 Å². The number of rotatable bonds is 5. The van der Waals surface area contributed by atoms with Gasteiger partial charge in [-0.25, -0.2) is 0 Å². The van der Waals surface area contributed by atoms with Crippen LogP contribution in [0.2, 0.25) is 5.02 Å². The number of aromatic nitrogens is 1. The molecule has 3 nitrogen and oxygen atoms in total. The van der Waals surface area contributed by atoms with Gasteiger partial charge in [0.05, 0.1) is 6.54 Å². The van der Waals surface area contributed by atoms with Crippen molar-refractivity contribution in [2.75, 3.05) is 13.2 Å². The molecule has 5 heteroatoms. The Morgan fingerprint density at radius 2 is 1.81 bits per heavy atom. The van der Waals surface area contributed by atoms with Gasteiger partial charge in [-0.1, -0.05) is 66.3 Å². The molecule has 5 rings (SSSR count). The molecule has 3 aromatic carbocycles. The van der Waals surface area contributed by atoms with Gasteiger partial charge in [0.25, 0.3) is 0 Å². The number of nitrogens with zero attached hydrogens (tertiary/aromatic N) is 2. The van der Waals surface area contributed by atoms with Crippen LogP contribution in [-0.2, 0) is 19.5 Å². The molecule has 32 heavy (non-hydrogen) atoms. The molecular weight excluding hydrogens is 436 g/mol. The maximum Gasteiger partial charge on any atom is 0.119 e. The summed E-state index contributed by atoms with van der Waals surface area (Å²) in [5.41, 5.74) is 6.13. The molecule has 0 unspecified atom stereocenters. The van der Waals surface area contributed by atoms with Crippen molar-refractivity contribution in [3.63, 3.8) is 0 Å². The number of hydrogen-bond donors (Lipinski definition) is 0. The second kappa shape index (κ2) is 8.97. The molecule has 0 saturated heterocycles. The quantitative estimate of drug-likeness (QED) is 0.320. The van der Waals surface area contributed by atoms with Gasteiger partial charge in [0.1, 0.15) is 17.3 Å². The Bertz CT molecular complexity index is 1300. The average Bonchev–Trinajstić information content (AvgIpc) is 3.19. The van der Waals surface area contributed by atoms with Crippen LogP contribution in [0.3, 0.4) is 0 Å². The Morgan fingerprint density at radius 3 is 2.66 bits per heavy atom. The standard InChI is InChI=1S/C27H25ClN2OS/c1-19-16-22(10-11-25(19)28)31-15-14-29-18-24(23-8-4-5-9-26(23)29)27(32)30-13-12-20-6-2-3-7-21(20)17-30/h2-11,16,18H,12-15,17H2,1H3. The monoisotopic (exact) mass is 460 g/mol. The van der Waals surface area contributed by atoms with Crippen LogP contribution < -0.4 is 4.74 Å². The number of thiocarbonyl (C=S) groups is 1. The van der Waals surface area contributed by atoms with Crippen molar-refractivity contribution in [1.29, 1.82) is 0 Å². The van der Waals surface area contributed by atoms with Crippen LogP contribution in [0.25, 0.3) is 10.9 Å². The van der Waals surface area contributed by atoms with E-state index in [2.05, 4.69) is 64.2 Å². The lowest BCUT2D eigenvalue weighted by molar-refractivity contribution is 0.300. The summed E-state index contributed by atoms with van der Waals surface area (Å²) in [4.78, 5) is 3.25. The van der Waals surface area contributed by atoms with E-state index in [1.807, 2.05) is 25.1 Å². The Balaban J connectivity index is 1.35. The second-order valence-corrected chi connectivity index (χ2v) is 9.05. The fraction of sp³-hybridized carbons (Fsp3) is 0.222. The van der Waals surface area contributed by atoms with Crippen molar-refractivity contribution in [2.24, 2.45) is 0 Å². The Labute approximate surface area is 199 Å². The lowest BCUT2D eigenvalue weighted by atomic mass is 9.99. The average molecular weight is 461 g/mol. The first-order valence-corrected chi connectivity index (χ1v) is 11.7. The number of aryl methyl sites for hydroxylation is 1. The van der Waals surface area contributed by atoms with Crippen LogP contribution in [0.5, 0.6) is 5.75 Å². The van der Waals surface area contributed by atoms with Crippen molar-refractivity contribution in [3.05, 3.63) is 100 Å².